The van der Waals surface area contributed by atoms with Crippen molar-refractivity contribution in [2.45, 2.75) is 26.0 Å². The van der Waals surface area contributed by atoms with E-state index in [-0.39, 0.29) is 5.69 Å². The SMILES string of the molecule is CCc1nccn1CC(O)c1cccc([N+](=O)[O-])c1. The van der Waals surface area contributed by atoms with Gasteiger partial charge in [0.15, 0.2) is 0 Å². The lowest BCUT2D eigenvalue weighted by Gasteiger charge is -2.13. The van der Waals surface area contributed by atoms with Crippen molar-refractivity contribution in [2.75, 3.05) is 0 Å². The Balaban J connectivity index is 2.18. The number of hydrogen-bond donors (Lipinski definition) is 1. The third kappa shape index (κ3) is 2.97. The van der Waals surface area contributed by atoms with Crippen molar-refractivity contribution in [2.24, 2.45) is 0 Å². The van der Waals surface area contributed by atoms with Crippen molar-refractivity contribution in [1.82, 2.24) is 9.55 Å². The van der Waals surface area contributed by atoms with E-state index in [1.807, 2.05) is 11.5 Å². The number of rotatable bonds is 5. The highest BCUT2D eigenvalue weighted by Crippen LogP contribution is 2.21. The molecule has 19 heavy (non-hydrogen) atoms. The van der Waals surface area contributed by atoms with Gasteiger partial charge in [-0.05, 0) is 5.56 Å². The first-order chi connectivity index (χ1) is 9.11. The van der Waals surface area contributed by atoms with Crippen molar-refractivity contribution in [3.8, 4) is 0 Å². The second-order valence-corrected chi connectivity index (χ2v) is 4.22. The van der Waals surface area contributed by atoms with Crippen molar-refractivity contribution < 1.29 is 10.0 Å². The lowest BCUT2D eigenvalue weighted by atomic mass is 10.1. The van der Waals surface area contributed by atoms with Crippen molar-refractivity contribution in [1.29, 1.82) is 0 Å². The summed E-state index contributed by atoms with van der Waals surface area (Å²) >= 11 is 0. The Morgan fingerprint density at radius 1 is 1.53 bits per heavy atom. The smallest absolute Gasteiger partial charge is 0.269 e. The Hall–Kier alpha value is -2.21. The van der Waals surface area contributed by atoms with E-state index in [2.05, 4.69) is 4.98 Å². The zero-order chi connectivity index (χ0) is 13.8. The van der Waals surface area contributed by atoms with Gasteiger partial charge in [-0.15, -0.1) is 0 Å². The normalized spacial score (nSPS) is 12.3. The van der Waals surface area contributed by atoms with Gasteiger partial charge in [0.25, 0.3) is 5.69 Å². The summed E-state index contributed by atoms with van der Waals surface area (Å²) in [5.74, 6) is 0.879. The maximum Gasteiger partial charge on any atom is 0.269 e. The summed E-state index contributed by atoms with van der Waals surface area (Å²) in [6, 6.07) is 6.06. The largest absolute Gasteiger partial charge is 0.387 e. The fraction of sp³-hybridized carbons (Fsp3) is 0.308. The van der Waals surface area contributed by atoms with Crippen LogP contribution in [0.25, 0.3) is 0 Å². The van der Waals surface area contributed by atoms with Gasteiger partial charge in [0.05, 0.1) is 17.6 Å². The molecule has 100 valence electrons. The molecule has 0 saturated heterocycles. The maximum absolute atomic E-state index is 10.7. The number of nitro groups is 1. The third-order valence-electron chi connectivity index (χ3n) is 2.95. The summed E-state index contributed by atoms with van der Waals surface area (Å²) in [6.07, 6.45) is 3.45. The molecular weight excluding hydrogens is 246 g/mol. The molecule has 2 aromatic rings. The van der Waals surface area contributed by atoms with Gasteiger partial charge in [-0.25, -0.2) is 4.98 Å². The molecule has 2 rings (SSSR count). The van der Waals surface area contributed by atoms with Gasteiger partial charge in [0.2, 0.25) is 0 Å². The molecule has 0 aliphatic rings. The van der Waals surface area contributed by atoms with Gasteiger partial charge in [-0.1, -0.05) is 19.1 Å². The average Bonchev–Trinajstić information content (AvgIpc) is 2.86. The molecule has 0 fully saturated rings. The Bertz CT molecular complexity index is 580. The molecule has 0 radical (unpaired) electrons. The molecular formula is C13H15N3O3. The zero-order valence-corrected chi connectivity index (χ0v) is 10.6. The monoisotopic (exact) mass is 261 g/mol. The standard InChI is InChI=1S/C13H15N3O3/c1-2-13-14-6-7-15(13)9-12(17)10-4-3-5-11(8-10)16(18)19/h3-8,12,17H,2,9H2,1H3. The summed E-state index contributed by atoms with van der Waals surface area (Å²) in [5.41, 5.74) is 0.517. The Labute approximate surface area is 110 Å². The predicted molar refractivity (Wildman–Crippen MR) is 69.7 cm³/mol. The number of imidazole rings is 1. The van der Waals surface area contributed by atoms with Crippen LogP contribution in [0.5, 0.6) is 0 Å². The van der Waals surface area contributed by atoms with Gasteiger partial charge in [0, 0.05) is 30.9 Å². The summed E-state index contributed by atoms with van der Waals surface area (Å²) in [5, 5.41) is 20.8. The Morgan fingerprint density at radius 3 is 3.00 bits per heavy atom. The lowest BCUT2D eigenvalue weighted by Crippen LogP contribution is -2.10. The Morgan fingerprint density at radius 2 is 2.32 bits per heavy atom. The van der Waals surface area contributed by atoms with E-state index in [0.717, 1.165) is 12.2 Å². The first kappa shape index (κ1) is 13.2. The molecule has 1 unspecified atom stereocenters. The molecule has 1 aromatic carbocycles. The fourth-order valence-electron chi connectivity index (χ4n) is 1.96. The van der Waals surface area contributed by atoms with Crippen LogP contribution in [0.3, 0.4) is 0 Å². The summed E-state index contributed by atoms with van der Waals surface area (Å²) in [6.45, 7) is 2.32. The molecule has 1 heterocycles. The van der Waals surface area contributed by atoms with Crippen LogP contribution in [0, 0.1) is 10.1 Å². The van der Waals surface area contributed by atoms with Crippen LogP contribution in [-0.4, -0.2) is 19.6 Å². The van der Waals surface area contributed by atoms with Gasteiger partial charge in [-0.2, -0.15) is 0 Å². The highest BCUT2D eigenvalue weighted by Gasteiger charge is 2.14. The van der Waals surface area contributed by atoms with E-state index in [1.165, 1.54) is 12.1 Å². The second-order valence-electron chi connectivity index (χ2n) is 4.22. The van der Waals surface area contributed by atoms with Gasteiger partial charge in [-0.3, -0.25) is 10.1 Å². The van der Waals surface area contributed by atoms with Gasteiger partial charge in [0.1, 0.15) is 5.82 Å². The van der Waals surface area contributed by atoms with Crippen LogP contribution in [0.4, 0.5) is 5.69 Å². The lowest BCUT2D eigenvalue weighted by molar-refractivity contribution is -0.385. The zero-order valence-electron chi connectivity index (χ0n) is 10.6. The molecule has 1 aromatic heterocycles. The number of hydrogen-bond acceptors (Lipinski definition) is 4. The van der Waals surface area contributed by atoms with Gasteiger partial charge >= 0.3 is 0 Å². The minimum absolute atomic E-state index is 0.0158. The molecule has 6 nitrogen and oxygen atoms in total. The van der Waals surface area contributed by atoms with Crippen LogP contribution >= 0.6 is 0 Å². The Kier molecular flexibility index (Phi) is 3.91. The predicted octanol–water partition coefficient (Wildman–Crippen LogP) is 2.09. The van der Waals surface area contributed by atoms with E-state index in [1.54, 1.807) is 24.5 Å². The number of non-ortho nitro benzene ring substituents is 1. The van der Waals surface area contributed by atoms with Gasteiger partial charge < -0.3 is 9.67 Å². The minimum Gasteiger partial charge on any atom is -0.387 e. The number of aliphatic hydroxyl groups excluding tert-OH is 1. The number of aromatic nitrogens is 2. The van der Waals surface area contributed by atoms with E-state index >= 15 is 0 Å². The van der Waals surface area contributed by atoms with Crippen LogP contribution in [-0.2, 0) is 13.0 Å². The molecule has 6 heteroatoms. The molecule has 0 bridgehead atoms. The number of nitro benzene ring substituents is 1. The maximum atomic E-state index is 10.7. The third-order valence-corrected chi connectivity index (χ3v) is 2.95. The molecule has 0 aliphatic heterocycles. The van der Waals surface area contributed by atoms with Crippen LogP contribution in [0.1, 0.15) is 24.4 Å². The number of benzene rings is 1. The molecule has 0 spiro atoms. The van der Waals surface area contributed by atoms with Crippen LogP contribution < -0.4 is 0 Å². The quantitative estimate of drug-likeness (QED) is 0.660. The number of aliphatic hydroxyl groups is 1. The summed E-state index contributed by atoms with van der Waals surface area (Å²) < 4.78 is 1.85. The van der Waals surface area contributed by atoms with E-state index in [4.69, 9.17) is 0 Å². The van der Waals surface area contributed by atoms with Crippen LogP contribution in [0.2, 0.25) is 0 Å². The first-order valence-corrected chi connectivity index (χ1v) is 6.04. The van der Waals surface area contributed by atoms with Crippen molar-refractivity contribution >= 4 is 5.69 Å². The molecule has 0 aliphatic carbocycles. The van der Waals surface area contributed by atoms with Crippen molar-refractivity contribution in [3.05, 3.63) is 58.2 Å². The second kappa shape index (κ2) is 5.62. The topological polar surface area (TPSA) is 81.2 Å². The molecule has 1 atom stereocenters. The molecule has 1 N–H and O–H groups in total. The minimum atomic E-state index is -0.792. The van der Waals surface area contributed by atoms with E-state index in [9.17, 15) is 15.2 Å². The highest BCUT2D eigenvalue weighted by atomic mass is 16.6. The first-order valence-electron chi connectivity index (χ1n) is 6.04. The summed E-state index contributed by atoms with van der Waals surface area (Å²) in [7, 11) is 0. The van der Waals surface area contributed by atoms with Crippen molar-refractivity contribution in [3.63, 3.8) is 0 Å². The molecule has 0 amide bonds. The van der Waals surface area contributed by atoms with Crippen LogP contribution in [0.15, 0.2) is 36.7 Å². The number of nitrogens with zero attached hydrogens (tertiary/aromatic N) is 3. The summed E-state index contributed by atoms with van der Waals surface area (Å²) in [4.78, 5) is 14.4. The highest BCUT2D eigenvalue weighted by molar-refractivity contribution is 5.35. The number of aryl methyl sites for hydroxylation is 1. The average molecular weight is 261 g/mol. The molecule has 0 saturated carbocycles. The van der Waals surface area contributed by atoms with E-state index in [0.29, 0.717) is 12.1 Å². The fourth-order valence-corrected chi connectivity index (χ4v) is 1.96. The van der Waals surface area contributed by atoms with E-state index < -0.39 is 11.0 Å².